The summed E-state index contributed by atoms with van der Waals surface area (Å²) in [5.74, 6) is 0. The van der Waals surface area contributed by atoms with Gasteiger partial charge in [0, 0.05) is 32.2 Å². The SMILES string of the molecule is CC(C)N1CCC(N(C)S(=O)(=O)c2ccc(S(=O)(=O)N3CCCC3)cc2)CC1. The Hall–Kier alpha value is -1.00. The summed E-state index contributed by atoms with van der Waals surface area (Å²) >= 11 is 0. The van der Waals surface area contributed by atoms with E-state index in [0.717, 1.165) is 38.8 Å². The fourth-order valence-electron chi connectivity index (χ4n) is 3.99. The van der Waals surface area contributed by atoms with E-state index in [-0.39, 0.29) is 15.8 Å². The standard InChI is InChI=1S/C19H31N3O4S2/c1-16(2)21-14-10-17(11-15-21)20(3)27(23,24)18-6-8-19(9-7-18)28(25,26)22-12-4-5-13-22/h6-9,16-17H,4-5,10-15H2,1-3H3. The van der Waals surface area contributed by atoms with Crippen molar-refractivity contribution in [3.05, 3.63) is 24.3 Å². The van der Waals surface area contributed by atoms with Gasteiger partial charge in [-0.3, -0.25) is 0 Å². The molecule has 9 heteroatoms. The van der Waals surface area contributed by atoms with Crippen molar-refractivity contribution in [3.8, 4) is 0 Å². The smallest absolute Gasteiger partial charge is 0.243 e. The molecule has 2 saturated heterocycles. The number of hydrogen-bond acceptors (Lipinski definition) is 5. The minimum Gasteiger partial charge on any atom is -0.301 e. The molecule has 0 saturated carbocycles. The van der Waals surface area contributed by atoms with Gasteiger partial charge in [-0.25, -0.2) is 16.8 Å². The minimum atomic E-state index is -3.65. The van der Waals surface area contributed by atoms with Crippen molar-refractivity contribution in [1.82, 2.24) is 13.5 Å². The van der Waals surface area contributed by atoms with Gasteiger partial charge in [0.05, 0.1) is 9.79 Å². The molecule has 1 aromatic carbocycles. The average molecular weight is 430 g/mol. The van der Waals surface area contributed by atoms with E-state index in [2.05, 4.69) is 18.7 Å². The lowest BCUT2D eigenvalue weighted by Crippen LogP contribution is -2.47. The highest BCUT2D eigenvalue weighted by Crippen LogP contribution is 2.26. The lowest BCUT2D eigenvalue weighted by Gasteiger charge is -2.38. The molecule has 2 heterocycles. The van der Waals surface area contributed by atoms with E-state index in [1.807, 2.05) is 0 Å². The van der Waals surface area contributed by atoms with Crippen LogP contribution in [-0.4, -0.2) is 75.7 Å². The molecule has 0 radical (unpaired) electrons. The lowest BCUT2D eigenvalue weighted by molar-refractivity contribution is 0.140. The molecule has 0 aromatic heterocycles. The zero-order valence-electron chi connectivity index (χ0n) is 16.9. The third-order valence-electron chi connectivity index (χ3n) is 5.95. The van der Waals surface area contributed by atoms with Crippen molar-refractivity contribution >= 4 is 20.0 Å². The maximum absolute atomic E-state index is 13.0. The van der Waals surface area contributed by atoms with Gasteiger partial charge in [0.15, 0.2) is 0 Å². The molecule has 2 aliphatic rings. The second kappa shape index (κ2) is 8.39. The third kappa shape index (κ3) is 4.28. The maximum atomic E-state index is 13.0. The van der Waals surface area contributed by atoms with Crippen LogP contribution >= 0.6 is 0 Å². The molecule has 0 N–H and O–H groups in total. The molecular formula is C19H31N3O4S2. The van der Waals surface area contributed by atoms with Crippen LogP contribution in [0, 0.1) is 0 Å². The van der Waals surface area contributed by atoms with Gasteiger partial charge >= 0.3 is 0 Å². The molecule has 0 aliphatic carbocycles. The highest BCUT2D eigenvalue weighted by atomic mass is 32.2. The number of piperidine rings is 1. The molecule has 0 spiro atoms. The topological polar surface area (TPSA) is 78.0 Å². The zero-order valence-corrected chi connectivity index (χ0v) is 18.5. The molecule has 0 unspecified atom stereocenters. The van der Waals surface area contributed by atoms with Gasteiger partial charge in [-0.15, -0.1) is 0 Å². The Balaban J connectivity index is 1.73. The van der Waals surface area contributed by atoms with Crippen LogP contribution in [0.1, 0.15) is 39.5 Å². The van der Waals surface area contributed by atoms with Crippen molar-refractivity contribution in [2.75, 3.05) is 33.2 Å². The molecule has 3 rings (SSSR count). The molecule has 1 aromatic rings. The van der Waals surface area contributed by atoms with Crippen LogP contribution in [0.3, 0.4) is 0 Å². The molecule has 28 heavy (non-hydrogen) atoms. The maximum Gasteiger partial charge on any atom is 0.243 e. The van der Waals surface area contributed by atoms with Crippen molar-refractivity contribution in [2.45, 2.75) is 61.4 Å². The van der Waals surface area contributed by atoms with Gasteiger partial charge in [0.1, 0.15) is 0 Å². The van der Waals surface area contributed by atoms with Gasteiger partial charge in [-0.1, -0.05) is 0 Å². The second-order valence-corrected chi connectivity index (χ2v) is 11.9. The van der Waals surface area contributed by atoms with E-state index >= 15 is 0 Å². The Labute approximate surface area is 169 Å². The summed E-state index contributed by atoms with van der Waals surface area (Å²) in [4.78, 5) is 2.65. The van der Waals surface area contributed by atoms with Crippen molar-refractivity contribution in [2.24, 2.45) is 0 Å². The van der Waals surface area contributed by atoms with Gasteiger partial charge in [-0.2, -0.15) is 8.61 Å². The molecule has 0 amide bonds. The summed E-state index contributed by atoms with van der Waals surface area (Å²) in [5.41, 5.74) is 0. The summed E-state index contributed by atoms with van der Waals surface area (Å²) in [7, 11) is -5.56. The largest absolute Gasteiger partial charge is 0.301 e. The Morgan fingerprint density at radius 2 is 1.39 bits per heavy atom. The summed E-state index contributed by atoms with van der Waals surface area (Å²) in [5, 5.41) is 0. The monoisotopic (exact) mass is 429 g/mol. The Morgan fingerprint density at radius 3 is 1.89 bits per heavy atom. The predicted molar refractivity (Wildman–Crippen MR) is 109 cm³/mol. The van der Waals surface area contributed by atoms with E-state index in [0.29, 0.717) is 19.1 Å². The Bertz CT molecular complexity index is 868. The normalized spacial score (nSPS) is 21.0. The predicted octanol–water partition coefficient (Wildman–Crippen LogP) is 1.96. The van der Waals surface area contributed by atoms with Gasteiger partial charge in [0.25, 0.3) is 0 Å². The van der Waals surface area contributed by atoms with Crippen LogP contribution in [0.4, 0.5) is 0 Å². The second-order valence-electron chi connectivity index (χ2n) is 7.96. The summed E-state index contributed by atoms with van der Waals surface area (Å²) in [6.45, 7) is 7.13. The van der Waals surface area contributed by atoms with Crippen LogP contribution < -0.4 is 0 Å². The number of sulfonamides is 2. The van der Waals surface area contributed by atoms with Crippen molar-refractivity contribution < 1.29 is 16.8 Å². The molecule has 2 aliphatic heterocycles. The van der Waals surface area contributed by atoms with Crippen LogP contribution in [0.5, 0.6) is 0 Å². The number of rotatable bonds is 6. The molecule has 7 nitrogen and oxygen atoms in total. The van der Waals surface area contributed by atoms with Gasteiger partial charge in [-0.05, 0) is 76.9 Å². The van der Waals surface area contributed by atoms with Crippen molar-refractivity contribution in [3.63, 3.8) is 0 Å². The van der Waals surface area contributed by atoms with Crippen molar-refractivity contribution in [1.29, 1.82) is 0 Å². The first kappa shape index (κ1) is 21.7. The van der Waals surface area contributed by atoms with Crippen LogP contribution in [0.2, 0.25) is 0 Å². The number of nitrogens with zero attached hydrogens (tertiary/aromatic N) is 3. The highest BCUT2D eigenvalue weighted by Gasteiger charge is 2.32. The first-order chi connectivity index (χ1) is 13.1. The van der Waals surface area contributed by atoms with Gasteiger partial charge in [0.2, 0.25) is 20.0 Å². The molecule has 2 fully saturated rings. The fraction of sp³-hybridized carbons (Fsp3) is 0.684. The third-order valence-corrected chi connectivity index (χ3v) is 9.78. The Kier molecular flexibility index (Phi) is 6.51. The first-order valence-corrected chi connectivity index (χ1v) is 12.8. The zero-order chi connectivity index (χ0) is 20.5. The fourth-order valence-corrected chi connectivity index (χ4v) is 6.92. The highest BCUT2D eigenvalue weighted by molar-refractivity contribution is 7.89. The average Bonchev–Trinajstić information content (AvgIpc) is 3.23. The van der Waals surface area contributed by atoms with E-state index in [1.165, 1.54) is 32.9 Å². The van der Waals surface area contributed by atoms with Crippen LogP contribution in [0.15, 0.2) is 34.1 Å². The Morgan fingerprint density at radius 1 is 0.893 bits per heavy atom. The van der Waals surface area contributed by atoms with Gasteiger partial charge < -0.3 is 4.90 Å². The van der Waals surface area contributed by atoms with Crippen LogP contribution in [0.25, 0.3) is 0 Å². The summed E-state index contributed by atoms with van der Waals surface area (Å²) < 4.78 is 54.2. The number of benzene rings is 1. The van der Waals surface area contributed by atoms with E-state index < -0.39 is 20.0 Å². The molecule has 0 atom stereocenters. The minimum absolute atomic E-state index is 0.0343. The molecular weight excluding hydrogens is 398 g/mol. The summed E-state index contributed by atoms with van der Waals surface area (Å²) in [6.07, 6.45) is 3.34. The summed E-state index contributed by atoms with van der Waals surface area (Å²) in [6, 6.07) is 6.09. The first-order valence-electron chi connectivity index (χ1n) is 9.96. The molecule has 0 bridgehead atoms. The lowest BCUT2D eigenvalue weighted by atomic mass is 10.0. The number of hydrogen-bond donors (Lipinski definition) is 0. The quantitative estimate of drug-likeness (QED) is 0.691. The number of likely N-dealkylation sites (tertiary alicyclic amines) is 1. The van der Waals surface area contributed by atoms with E-state index in [1.54, 1.807) is 7.05 Å². The van der Waals surface area contributed by atoms with E-state index in [9.17, 15) is 16.8 Å². The van der Waals surface area contributed by atoms with Crippen LogP contribution in [-0.2, 0) is 20.0 Å². The molecule has 158 valence electrons. The van der Waals surface area contributed by atoms with E-state index in [4.69, 9.17) is 0 Å².